The monoisotopic (exact) mass is 290 g/mol. The van der Waals surface area contributed by atoms with Gasteiger partial charge in [-0.25, -0.2) is 0 Å². The maximum absolute atomic E-state index is 10.7. The molecule has 0 aromatic heterocycles. The van der Waals surface area contributed by atoms with Crippen LogP contribution in [0.25, 0.3) is 6.08 Å². The van der Waals surface area contributed by atoms with Crippen LogP contribution in [0.2, 0.25) is 0 Å². The molecule has 110 valence electrons. The number of carboxylic acid groups (broad SMARTS) is 2. The Balaban J connectivity index is 2.87. The molecule has 3 N–H and O–H groups in total. The molecule has 0 amide bonds. The minimum atomic E-state index is -1.17. The number of aliphatic carboxylic acids is 2. The van der Waals surface area contributed by atoms with E-state index in [1.54, 1.807) is 12.1 Å². The van der Waals surface area contributed by atoms with E-state index in [1.165, 1.54) is 18.2 Å². The number of benzene rings is 1. The fourth-order valence-corrected chi connectivity index (χ4v) is 1.68. The van der Waals surface area contributed by atoms with Gasteiger partial charge < -0.3 is 15.3 Å². The lowest BCUT2D eigenvalue weighted by Gasteiger charge is -2.17. The Morgan fingerprint density at radius 2 is 1.62 bits per heavy atom. The summed E-state index contributed by atoms with van der Waals surface area (Å²) in [6, 6.07) is 7.99. The summed E-state index contributed by atoms with van der Waals surface area (Å²) in [4.78, 5) is 22.5. The van der Waals surface area contributed by atoms with E-state index < -0.39 is 25.0 Å². The molecule has 7 nitrogen and oxygen atoms in total. The van der Waals surface area contributed by atoms with Crippen molar-refractivity contribution in [1.82, 2.24) is 4.90 Å². The van der Waals surface area contributed by atoms with Crippen LogP contribution in [-0.4, -0.2) is 51.8 Å². The van der Waals surface area contributed by atoms with Gasteiger partial charge in [0.2, 0.25) is 0 Å². The zero-order chi connectivity index (χ0) is 15.8. The summed E-state index contributed by atoms with van der Waals surface area (Å²) < 4.78 is 0. The molecule has 0 aliphatic rings. The number of rotatable bonds is 7. The summed E-state index contributed by atoms with van der Waals surface area (Å²) in [5, 5.41) is 35.7. The van der Waals surface area contributed by atoms with Gasteiger partial charge in [-0.15, -0.1) is 0 Å². The second kappa shape index (κ2) is 7.67. The highest BCUT2D eigenvalue weighted by atomic mass is 16.4. The maximum atomic E-state index is 10.7. The maximum Gasteiger partial charge on any atom is 0.317 e. The van der Waals surface area contributed by atoms with Crippen LogP contribution in [0.3, 0.4) is 0 Å². The minimum absolute atomic E-state index is 0.0871. The molecule has 1 aromatic rings. The first-order valence-electron chi connectivity index (χ1n) is 5.96. The van der Waals surface area contributed by atoms with Crippen LogP contribution in [0, 0.1) is 11.3 Å². The minimum Gasteiger partial charge on any atom is -0.508 e. The first-order chi connectivity index (χ1) is 9.90. The topological polar surface area (TPSA) is 122 Å². The van der Waals surface area contributed by atoms with Gasteiger partial charge in [0.25, 0.3) is 0 Å². The molecule has 1 aromatic carbocycles. The Morgan fingerprint density at radius 1 is 1.10 bits per heavy atom. The highest BCUT2D eigenvalue weighted by molar-refractivity contribution is 5.73. The largest absolute Gasteiger partial charge is 0.508 e. The van der Waals surface area contributed by atoms with Crippen molar-refractivity contribution in [3.8, 4) is 11.8 Å². The van der Waals surface area contributed by atoms with Gasteiger partial charge in [-0.1, -0.05) is 12.1 Å². The van der Waals surface area contributed by atoms with Gasteiger partial charge in [0, 0.05) is 12.1 Å². The lowest BCUT2D eigenvalue weighted by Crippen LogP contribution is -2.35. The molecule has 7 heteroatoms. The summed E-state index contributed by atoms with van der Waals surface area (Å²) in [7, 11) is 0. The Bertz CT molecular complexity index is 570. The van der Waals surface area contributed by atoms with Gasteiger partial charge in [0.05, 0.1) is 19.2 Å². The molecule has 0 atom stereocenters. The van der Waals surface area contributed by atoms with E-state index >= 15 is 0 Å². The highest BCUT2D eigenvalue weighted by Crippen LogP contribution is 2.13. The summed E-state index contributed by atoms with van der Waals surface area (Å²) in [6.07, 6.45) is 1.51. The average molecular weight is 290 g/mol. The number of nitrogens with zero attached hydrogens (tertiary/aromatic N) is 2. The molecule has 0 saturated carbocycles. The molecular formula is C14H14N2O5. The molecule has 0 unspecified atom stereocenters. The lowest BCUT2D eigenvalue weighted by atomic mass is 10.1. The molecule has 0 spiro atoms. The summed E-state index contributed by atoms with van der Waals surface area (Å²) in [5.74, 6) is -2.25. The zero-order valence-corrected chi connectivity index (χ0v) is 11.1. The smallest absolute Gasteiger partial charge is 0.317 e. The van der Waals surface area contributed by atoms with Gasteiger partial charge in [-0.3, -0.25) is 14.5 Å². The number of hydrogen-bond acceptors (Lipinski definition) is 5. The number of carbonyl (C=O) groups is 2. The van der Waals surface area contributed by atoms with Crippen molar-refractivity contribution in [2.24, 2.45) is 0 Å². The third-order valence-corrected chi connectivity index (χ3v) is 2.49. The van der Waals surface area contributed by atoms with E-state index in [-0.39, 0.29) is 17.9 Å². The number of carboxylic acids is 2. The Labute approximate surface area is 121 Å². The summed E-state index contributed by atoms with van der Waals surface area (Å²) >= 11 is 0. The van der Waals surface area contributed by atoms with Crippen molar-refractivity contribution < 1.29 is 24.9 Å². The van der Waals surface area contributed by atoms with Crippen molar-refractivity contribution in [2.45, 2.75) is 0 Å². The van der Waals surface area contributed by atoms with Gasteiger partial charge in [0.15, 0.2) is 0 Å². The molecule has 0 heterocycles. The van der Waals surface area contributed by atoms with Crippen molar-refractivity contribution in [2.75, 3.05) is 19.6 Å². The number of nitriles is 1. The first kappa shape index (κ1) is 16.2. The average Bonchev–Trinajstić information content (AvgIpc) is 2.39. The Kier molecular flexibility index (Phi) is 5.92. The second-order valence-corrected chi connectivity index (χ2v) is 4.31. The molecule has 0 bridgehead atoms. The number of phenolic OH excluding ortho intramolecular Hbond substituents is 1. The molecule has 0 radical (unpaired) electrons. The number of aromatic hydroxyl groups is 1. The van der Waals surface area contributed by atoms with E-state index in [9.17, 15) is 9.59 Å². The van der Waals surface area contributed by atoms with Crippen molar-refractivity contribution in [3.05, 3.63) is 35.4 Å². The number of hydrogen-bond donors (Lipinski definition) is 3. The van der Waals surface area contributed by atoms with Crippen LogP contribution >= 0.6 is 0 Å². The highest BCUT2D eigenvalue weighted by Gasteiger charge is 2.15. The van der Waals surface area contributed by atoms with Gasteiger partial charge >= 0.3 is 11.9 Å². The van der Waals surface area contributed by atoms with Gasteiger partial charge in [-0.05, 0) is 23.8 Å². The fourth-order valence-electron chi connectivity index (χ4n) is 1.68. The lowest BCUT2D eigenvalue weighted by molar-refractivity contribution is -0.141. The van der Waals surface area contributed by atoms with Crippen LogP contribution in [0.4, 0.5) is 0 Å². The molecule has 21 heavy (non-hydrogen) atoms. The van der Waals surface area contributed by atoms with Crippen LogP contribution in [-0.2, 0) is 9.59 Å². The Morgan fingerprint density at radius 3 is 2.05 bits per heavy atom. The van der Waals surface area contributed by atoms with Crippen molar-refractivity contribution in [3.63, 3.8) is 0 Å². The number of phenols is 1. The van der Waals surface area contributed by atoms with Gasteiger partial charge in [0.1, 0.15) is 5.75 Å². The molecule has 0 saturated heterocycles. The zero-order valence-electron chi connectivity index (χ0n) is 11.1. The van der Waals surface area contributed by atoms with Crippen LogP contribution < -0.4 is 0 Å². The molecule has 0 aliphatic carbocycles. The quantitative estimate of drug-likeness (QED) is 0.634. The predicted molar refractivity (Wildman–Crippen MR) is 73.4 cm³/mol. The van der Waals surface area contributed by atoms with Crippen LogP contribution in [0.15, 0.2) is 29.8 Å². The van der Waals surface area contributed by atoms with Crippen LogP contribution in [0.5, 0.6) is 5.75 Å². The third kappa shape index (κ3) is 6.22. The molecular weight excluding hydrogens is 276 g/mol. The normalized spacial score (nSPS) is 11.1. The van der Waals surface area contributed by atoms with Crippen molar-refractivity contribution >= 4 is 18.0 Å². The van der Waals surface area contributed by atoms with E-state index in [0.717, 1.165) is 4.90 Å². The van der Waals surface area contributed by atoms with E-state index in [4.69, 9.17) is 20.6 Å². The van der Waals surface area contributed by atoms with E-state index in [2.05, 4.69) is 0 Å². The standard InChI is InChI=1S/C14H14N2O5/c15-6-11(5-10-1-3-12(17)4-2-10)7-16(8-13(18)19)9-14(20)21/h1-5,17H,7-9H2,(H,18,19)(H,20,21). The third-order valence-electron chi connectivity index (χ3n) is 2.49. The Hall–Kier alpha value is -2.85. The second-order valence-electron chi connectivity index (χ2n) is 4.31. The van der Waals surface area contributed by atoms with Gasteiger partial charge in [-0.2, -0.15) is 5.26 Å². The molecule has 0 fully saturated rings. The van der Waals surface area contributed by atoms with E-state index in [1.807, 2.05) is 6.07 Å². The first-order valence-corrected chi connectivity index (χ1v) is 5.96. The van der Waals surface area contributed by atoms with Crippen LogP contribution in [0.1, 0.15) is 5.56 Å². The predicted octanol–water partition coefficient (Wildman–Crippen LogP) is 0.770. The van der Waals surface area contributed by atoms with Crippen molar-refractivity contribution in [1.29, 1.82) is 5.26 Å². The molecule has 1 rings (SSSR count). The summed E-state index contributed by atoms with van der Waals surface area (Å²) in [5.41, 5.74) is 0.873. The fraction of sp³-hybridized carbons (Fsp3) is 0.214. The summed E-state index contributed by atoms with van der Waals surface area (Å²) in [6.45, 7) is -1.03. The molecule has 0 aliphatic heterocycles. The SMILES string of the molecule is N#CC(=Cc1ccc(O)cc1)CN(CC(=O)O)CC(=O)O. The van der Waals surface area contributed by atoms with E-state index in [0.29, 0.717) is 5.56 Å².